The van der Waals surface area contributed by atoms with Crippen LogP contribution < -0.4 is 0 Å². The Labute approximate surface area is 109 Å². The molecule has 1 aliphatic carbocycles. The standard InChI is InChI=1S/C12H22O5S/c1-10-4-3-6-12(7-5-10)15-8-11(17-12)9-16-18(2,13)14/h10-11H,3-9H2,1-2H3. The van der Waals surface area contributed by atoms with Crippen LogP contribution in [0.2, 0.25) is 0 Å². The van der Waals surface area contributed by atoms with Crippen molar-refractivity contribution in [3.05, 3.63) is 0 Å². The van der Waals surface area contributed by atoms with Crippen LogP contribution in [0.1, 0.15) is 39.0 Å². The van der Waals surface area contributed by atoms with Gasteiger partial charge in [0, 0.05) is 12.8 Å². The lowest BCUT2D eigenvalue weighted by Crippen LogP contribution is -2.31. The van der Waals surface area contributed by atoms with E-state index < -0.39 is 15.9 Å². The minimum atomic E-state index is -3.41. The molecule has 0 N–H and O–H groups in total. The molecule has 0 aromatic rings. The minimum absolute atomic E-state index is 0.0517. The molecule has 0 aromatic heterocycles. The second-order valence-electron chi connectivity index (χ2n) is 5.49. The van der Waals surface area contributed by atoms with Gasteiger partial charge in [0.1, 0.15) is 6.10 Å². The molecule has 1 saturated heterocycles. The van der Waals surface area contributed by atoms with Gasteiger partial charge in [0.25, 0.3) is 10.1 Å². The van der Waals surface area contributed by atoms with Crippen LogP contribution in [0.3, 0.4) is 0 Å². The van der Waals surface area contributed by atoms with Crippen LogP contribution in [0.15, 0.2) is 0 Å². The Balaban J connectivity index is 1.86. The molecule has 1 saturated carbocycles. The Morgan fingerprint density at radius 2 is 2.11 bits per heavy atom. The Bertz CT molecular complexity index is 380. The first kappa shape index (κ1) is 14.2. The highest BCUT2D eigenvalue weighted by atomic mass is 32.2. The van der Waals surface area contributed by atoms with Crippen LogP contribution in [0, 0.1) is 5.92 Å². The van der Waals surface area contributed by atoms with Crippen LogP contribution in [0.4, 0.5) is 0 Å². The Hall–Kier alpha value is -0.170. The zero-order valence-electron chi connectivity index (χ0n) is 11.1. The van der Waals surface area contributed by atoms with E-state index in [1.54, 1.807) is 0 Å². The highest BCUT2D eigenvalue weighted by molar-refractivity contribution is 7.85. The fourth-order valence-electron chi connectivity index (χ4n) is 2.62. The largest absolute Gasteiger partial charge is 0.347 e. The average molecular weight is 278 g/mol. The number of hydrogen-bond donors (Lipinski definition) is 0. The lowest BCUT2D eigenvalue weighted by Gasteiger charge is -2.26. The summed E-state index contributed by atoms with van der Waals surface area (Å²) in [6.07, 6.45) is 5.97. The molecule has 3 unspecified atom stereocenters. The summed E-state index contributed by atoms with van der Waals surface area (Å²) in [6, 6.07) is 0. The molecular weight excluding hydrogens is 256 g/mol. The fraction of sp³-hybridized carbons (Fsp3) is 1.00. The van der Waals surface area contributed by atoms with E-state index in [-0.39, 0.29) is 12.7 Å². The number of hydrogen-bond acceptors (Lipinski definition) is 5. The summed E-state index contributed by atoms with van der Waals surface area (Å²) in [7, 11) is -3.41. The highest BCUT2D eigenvalue weighted by Gasteiger charge is 2.42. The van der Waals surface area contributed by atoms with Crippen molar-refractivity contribution in [3.63, 3.8) is 0 Å². The maximum atomic E-state index is 10.9. The molecule has 0 aromatic carbocycles. The monoisotopic (exact) mass is 278 g/mol. The van der Waals surface area contributed by atoms with Crippen molar-refractivity contribution < 1.29 is 22.1 Å². The van der Waals surface area contributed by atoms with Crippen molar-refractivity contribution in [2.75, 3.05) is 19.5 Å². The van der Waals surface area contributed by atoms with Gasteiger partial charge in [0.05, 0.1) is 19.5 Å². The summed E-state index contributed by atoms with van der Waals surface area (Å²) >= 11 is 0. The van der Waals surface area contributed by atoms with Crippen LogP contribution in [0.25, 0.3) is 0 Å². The van der Waals surface area contributed by atoms with Crippen molar-refractivity contribution in [3.8, 4) is 0 Å². The van der Waals surface area contributed by atoms with E-state index in [1.807, 2.05) is 0 Å². The molecule has 5 nitrogen and oxygen atoms in total. The van der Waals surface area contributed by atoms with E-state index in [0.29, 0.717) is 12.5 Å². The molecule has 1 spiro atoms. The van der Waals surface area contributed by atoms with Crippen molar-refractivity contribution >= 4 is 10.1 Å². The summed E-state index contributed by atoms with van der Waals surface area (Å²) in [5.41, 5.74) is 0. The van der Waals surface area contributed by atoms with Crippen molar-refractivity contribution in [2.45, 2.75) is 50.9 Å². The molecule has 18 heavy (non-hydrogen) atoms. The van der Waals surface area contributed by atoms with E-state index in [9.17, 15) is 8.42 Å². The zero-order chi connectivity index (χ0) is 13.2. The normalized spacial score (nSPS) is 37.9. The predicted molar refractivity (Wildman–Crippen MR) is 66.6 cm³/mol. The summed E-state index contributed by atoms with van der Waals surface area (Å²) < 4.78 is 38.3. The third-order valence-corrected chi connectivity index (χ3v) is 4.22. The highest BCUT2D eigenvalue weighted by Crippen LogP contribution is 2.38. The smallest absolute Gasteiger partial charge is 0.264 e. The molecule has 1 heterocycles. The maximum Gasteiger partial charge on any atom is 0.264 e. The van der Waals surface area contributed by atoms with Gasteiger partial charge in [-0.15, -0.1) is 0 Å². The van der Waals surface area contributed by atoms with E-state index in [0.717, 1.165) is 31.9 Å². The Kier molecular flexibility index (Phi) is 4.31. The number of rotatable bonds is 3. The van der Waals surface area contributed by atoms with Crippen LogP contribution >= 0.6 is 0 Å². The van der Waals surface area contributed by atoms with Gasteiger partial charge in [-0.2, -0.15) is 8.42 Å². The molecule has 0 bridgehead atoms. The molecule has 3 atom stereocenters. The minimum Gasteiger partial charge on any atom is -0.347 e. The summed E-state index contributed by atoms with van der Waals surface area (Å²) in [4.78, 5) is 0. The first-order valence-electron chi connectivity index (χ1n) is 6.55. The Morgan fingerprint density at radius 3 is 2.83 bits per heavy atom. The fourth-order valence-corrected chi connectivity index (χ4v) is 3.01. The van der Waals surface area contributed by atoms with E-state index in [4.69, 9.17) is 13.7 Å². The van der Waals surface area contributed by atoms with Gasteiger partial charge < -0.3 is 9.47 Å². The van der Waals surface area contributed by atoms with Crippen LogP contribution in [-0.4, -0.2) is 39.8 Å². The van der Waals surface area contributed by atoms with Gasteiger partial charge in [-0.3, -0.25) is 4.18 Å². The predicted octanol–water partition coefficient (Wildman–Crippen LogP) is 1.67. The molecule has 2 rings (SSSR count). The molecule has 2 fully saturated rings. The molecule has 106 valence electrons. The number of ether oxygens (including phenoxy) is 2. The molecular formula is C12H22O5S. The summed E-state index contributed by atoms with van der Waals surface area (Å²) in [5.74, 6) is 0.221. The van der Waals surface area contributed by atoms with Gasteiger partial charge in [0.2, 0.25) is 0 Å². The van der Waals surface area contributed by atoms with Crippen LogP contribution in [0.5, 0.6) is 0 Å². The Morgan fingerprint density at radius 1 is 1.33 bits per heavy atom. The first-order valence-corrected chi connectivity index (χ1v) is 8.36. The average Bonchev–Trinajstić information content (AvgIpc) is 2.58. The lowest BCUT2D eigenvalue weighted by molar-refractivity contribution is -0.178. The van der Waals surface area contributed by atoms with E-state index in [2.05, 4.69) is 6.92 Å². The third-order valence-electron chi connectivity index (χ3n) is 3.65. The molecule has 6 heteroatoms. The van der Waals surface area contributed by atoms with Gasteiger partial charge in [0.15, 0.2) is 5.79 Å². The zero-order valence-corrected chi connectivity index (χ0v) is 11.9. The van der Waals surface area contributed by atoms with Gasteiger partial charge >= 0.3 is 0 Å². The van der Waals surface area contributed by atoms with Gasteiger partial charge in [-0.25, -0.2) is 0 Å². The molecule has 1 aliphatic heterocycles. The topological polar surface area (TPSA) is 61.8 Å². The van der Waals surface area contributed by atoms with Crippen molar-refractivity contribution in [1.29, 1.82) is 0 Å². The third kappa shape index (κ3) is 3.91. The first-order chi connectivity index (χ1) is 8.39. The maximum absolute atomic E-state index is 10.9. The quantitative estimate of drug-likeness (QED) is 0.735. The van der Waals surface area contributed by atoms with Crippen LogP contribution in [-0.2, 0) is 23.8 Å². The van der Waals surface area contributed by atoms with E-state index in [1.165, 1.54) is 6.42 Å². The molecule has 2 aliphatic rings. The van der Waals surface area contributed by atoms with Crippen molar-refractivity contribution in [2.24, 2.45) is 5.92 Å². The lowest BCUT2D eigenvalue weighted by atomic mass is 10.0. The van der Waals surface area contributed by atoms with Gasteiger partial charge in [-0.1, -0.05) is 13.3 Å². The SMILES string of the molecule is CC1CCCC2(CC1)OCC(COS(C)(=O)=O)O2. The van der Waals surface area contributed by atoms with E-state index >= 15 is 0 Å². The second kappa shape index (κ2) is 5.45. The molecule has 0 radical (unpaired) electrons. The summed E-state index contributed by atoms with van der Waals surface area (Å²) in [5, 5.41) is 0. The van der Waals surface area contributed by atoms with Crippen molar-refractivity contribution in [1.82, 2.24) is 0 Å². The van der Waals surface area contributed by atoms with Gasteiger partial charge in [-0.05, 0) is 18.8 Å². The molecule has 0 amide bonds. The summed E-state index contributed by atoms with van der Waals surface area (Å²) in [6.45, 7) is 2.72. The second-order valence-corrected chi connectivity index (χ2v) is 7.13.